The molecular formula is C19H20N4O5. The van der Waals surface area contributed by atoms with E-state index in [2.05, 4.69) is 10.6 Å². The topological polar surface area (TPSA) is 116 Å². The molecule has 28 heavy (non-hydrogen) atoms. The number of amides is 5. The first-order valence-corrected chi connectivity index (χ1v) is 8.75. The molecule has 1 atom stereocenters. The Morgan fingerprint density at radius 3 is 2.46 bits per heavy atom. The molecule has 0 aliphatic carbocycles. The fraction of sp³-hybridized carbons (Fsp3) is 0.316. The van der Waals surface area contributed by atoms with E-state index in [0.29, 0.717) is 5.69 Å². The number of likely N-dealkylation sites (N-methyl/N-ethyl adjacent to an activating group) is 1. The van der Waals surface area contributed by atoms with Gasteiger partial charge in [-0.2, -0.15) is 0 Å². The number of anilines is 1. The van der Waals surface area contributed by atoms with Gasteiger partial charge in [-0.15, -0.1) is 0 Å². The molecule has 1 unspecified atom stereocenters. The summed E-state index contributed by atoms with van der Waals surface area (Å²) >= 11 is 0. The smallest absolute Gasteiger partial charge is 0.278 e. The normalized spacial score (nSPS) is 19.4. The Morgan fingerprint density at radius 1 is 1.18 bits per heavy atom. The van der Waals surface area contributed by atoms with Crippen LogP contribution in [0.15, 0.2) is 36.0 Å². The van der Waals surface area contributed by atoms with Gasteiger partial charge >= 0.3 is 0 Å². The Morgan fingerprint density at radius 2 is 1.86 bits per heavy atom. The van der Waals surface area contributed by atoms with Crippen LogP contribution in [0.3, 0.4) is 0 Å². The predicted octanol–water partition coefficient (Wildman–Crippen LogP) is -0.213. The molecule has 0 radical (unpaired) electrons. The summed E-state index contributed by atoms with van der Waals surface area (Å²) in [7, 11) is 3.36. The van der Waals surface area contributed by atoms with Crippen LogP contribution in [0.25, 0.3) is 0 Å². The van der Waals surface area contributed by atoms with Gasteiger partial charge in [0.05, 0.1) is 6.42 Å². The predicted molar refractivity (Wildman–Crippen MR) is 98.6 cm³/mol. The molecule has 2 N–H and O–H groups in total. The Kier molecular flexibility index (Phi) is 5.25. The summed E-state index contributed by atoms with van der Waals surface area (Å²) in [6.45, 7) is 0. The second kappa shape index (κ2) is 7.63. The summed E-state index contributed by atoms with van der Waals surface area (Å²) < 4.78 is 0. The van der Waals surface area contributed by atoms with Crippen molar-refractivity contribution in [3.8, 4) is 0 Å². The van der Waals surface area contributed by atoms with Crippen LogP contribution < -0.4 is 10.6 Å². The van der Waals surface area contributed by atoms with E-state index in [1.807, 2.05) is 0 Å². The number of piperidine rings is 1. The molecular weight excluding hydrogens is 364 g/mol. The summed E-state index contributed by atoms with van der Waals surface area (Å²) in [6, 6.07) is 5.91. The maximum atomic E-state index is 12.6. The summed E-state index contributed by atoms with van der Waals surface area (Å²) in [4.78, 5) is 62.2. The average Bonchev–Trinajstić information content (AvgIpc) is 2.90. The van der Waals surface area contributed by atoms with E-state index in [9.17, 15) is 24.0 Å². The monoisotopic (exact) mass is 384 g/mol. The maximum absolute atomic E-state index is 12.6. The van der Waals surface area contributed by atoms with Crippen molar-refractivity contribution in [2.24, 2.45) is 0 Å². The molecule has 2 aliphatic heterocycles. The van der Waals surface area contributed by atoms with Crippen molar-refractivity contribution >= 4 is 35.2 Å². The van der Waals surface area contributed by atoms with Gasteiger partial charge in [-0.25, -0.2) is 0 Å². The van der Waals surface area contributed by atoms with Crippen molar-refractivity contribution in [1.82, 2.24) is 15.1 Å². The quantitative estimate of drug-likeness (QED) is 0.679. The largest absolute Gasteiger partial charge is 0.351 e. The van der Waals surface area contributed by atoms with Crippen molar-refractivity contribution < 1.29 is 24.0 Å². The van der Waals surface area contributed by atoms with Gasteiger partial charge < -0.3 is 10.2 Å². The van der Waals surface area contributed by atoms with Crippen molar-refractivity contribution in [2.45, 2.75) is 25.3 Å². The van der Waals surface area contributed by atoms with E-state index in [-0.39, 0.29) is 30.9 Å². The third kappa shape index (κ3) is 3.93. The number of hydrogen-bond donors (Lipinski definition) is 2. The minimum absolute atomic E-state index is 0.0279. The third-order valence-corrected chi connectivity index (χ3v) is 4.56. The lowest BCUT2D eigenvalue weighted by Crippen LogP contribution is -2.54. The molecule has 9 nitrogen and oxygen atoms in total. The summed E-state index contributed by atoms with van der Waals surface area (Å²) in [5.74, 6) is -2.32. The summed E-state index contributed by atoms with van der Waals surface area (Å²) in [6.07, 6.45) is 1.58. The van der Waals surface area contributed by atoms with Crippen LogP contribution in [0.5, 0.6) is 0 Å². The van der Waals surface area contributed by atoms with Gasteiger partial charge in [0.2, 0.25) is 17.7 Å². The first-order chi connectivity index (χ1) is 13.3. The maximum Gasteiger partial charge on any atom is 0.278 e. The van der Waals surface area contributed by atoms with Crippen LogP contribution in [-0.4, -0.2) is 59.5 Å². The van der Waals surface area contributed by atoms with Crippen molar-refractivity contribution in [2.75, 3.05) is 19.4 Å². The van der Waals surface area contributed by atoms with Crippen molar-refractivity contribution in [3.63, 3.8) is 0 Å². The van der Waals surface area contributed by atoms with Gasteiger partial charge in [-0.1, -0.05) is 12.1 Å². The number of hydrogen-bond acceptors (Lipinski definition) is 6. The lowest BCUT2D eigenvalue weighted by Gasteiger charge is -2.28. The second-order valence-corrected chi connectivity index (χ2v) is 6.83. The standard InChI is InChI=1S/C19H20N4O5/c1-22(2)16(25)9-11-3-5-12(6-4-11)20-13-10-17(26)23(19(13)28)14-7-8-15(24)21-18(14)27/h3-6,10,14,20H,7-9H2,1-2H3,(H,21,24,27). The number of nitrogens with one attached hydrogen (secondary N) is 2. The van der Waals surface area contributed by atoms with E-state index < -0.39 is 29.7 Å². The van der Waals surface area contributed by atoms with E-state index >= 15 is 0 Å². The van der Waals surface area contributed by atoms with Crippen LogP contribution in [0.4, 0.5) is 5.69 Å². The summed E-state index contributed by atoms with van der Waals surface area (Å²) in [5.41, 5.74) is 1.43. The molecule has 2 heterocycles. The number of benzene rings is 1. The zero-order valence-electron chi connectivity index (χ0n) is 15.5. The number of nitrogens with zero attached hydrogens (tertiary/aromatic N) is 2. The van der Waals surface area contributed by atoms with Crippen LogP contribution in [0, 0.1) is 0 Å². The molecule has 1 aromatic carbocycles. The minimum Gasteiger partial charge on any atom is -0.351 e. The van der Waals surface area contributed by atoms with E-state index in [4.69, 9.17) is 0 Å². The van der Waals surface area contributed by atoms with Gasteiger partial charge in [0, 0.05) is 32.3 Å². The molecule has 1 fully saturated rings. The minimum atomic E-state index is -0.993. The van der Waals surface area contributed by atoms with E-state index in [0.717, 1.165) is 16.5 Å². The molecule has 146 valence electrons. The Labute approximate surface area is 161 Å². The molecule has 1 saturated heterocycles. The number of carbonyl (C=O) groups is 5. The molecule has 0 spiro atoms. The highest BCUT2D eigenvalue weighted by molar-refractivity contribution is 6.20. The molecule has 1 aromatic rings. The Hall–Kier alpha value is -3.49. The third-order valence-electron chi connectivity index (χ3n) is 4.56. The molecule has 0 saturated carbocycles. The highest BCUT2D eigenvalue weighted by Gasteiger charge is 2.42. The molecule has 5 amide bonds. The van der Waals surface area contributed by atoms with Crippen LogP contribution in [-0.2, 0) is 30.4 Å². The van der Waals surface area contributed by atoms with Crippen LogP contribution >= 0.6 is 0 Å². The molecule has 3 rings (SSSR count). The Bertz CT molecular complexity index is 888. The second-order valence-electron chi connectivity index (χ2n) is 6.83. The average molecular weight is 384 g/mol. The van der Waals surface area contributed by atoms with Crippen LogP contribution in [0.2, 0.25) is 0 Å². The molecule has 0 bridgehead atoms. The fourth-order valence-electron chi connectivity index (χ4n) is 2.99. The first kappa shape index (κ1) is 19.3. The van der Waals surface area contributed by atoms with Gasteiger partial charge in [-0.3, -0.25) is 34.2 Å². The van der Waals surface area contributed by atoms with E-state index in [1.165, 1.54) is 4.90 Å². The number of carbonyl (C=O) groups excluding carboxylic acids is 5. The zero-order chi connectivity index (χ0) is 20.4. The lowest BCUT2D eigenvalue weighted by atomic mass is 10.0. The fourth-order valence-corrected chi connectivity index (χ4v) is 2.99. The van der Waals surface area contributed by atoms with E-state index in [1.54, 1.807) is 38.4 Å². The molecule has 0 aromatic heterocycles. The van der Waals surface area contributed by atoms with Crippen LogP contribution in [0.1, 0.15) is 18.4 Å². The summed E-state index contributed by atoms with van der Waals surface area (Å²) in [5, 5.41) is 5.02. The van der Waals surface area contributed by atoms with Gasteiger partial charge in [-0.05, 0) is 24.1 Å². The highest BCUT2D eigenvalue weighted by atomic mass is 16.2. The van der Waals surface area contributed by atoms with Gasteiger partial charge in [0.25, 0.3) is 11.8 Å². The van der Waals surface area contributed by atoms with Gasteiger partial charge in [0.1, 0.15) is 11.7 Å². The Balaban J connectivity index is 1.67. The molecule has 2 aliphatic rings. The lowest BCUT2D eigenvalue weighted by molar-refractivity contribution is -0.149. The number of imide groups is 2. The van der Waals surface area contributed by atoms with Crippen molar-refractivity contribution in [3.05, 3.63) is 41.6 Å². The zero-order valence-corrected chi connectivity index (χ0v) is 15.5. The SMILES string of the molecule is CN(C)C(=O)Cc1ccc(NC2=CC(=O)N(C3CCC(=O)NC3=O)C2=O)cc1. The number of rotatable bonds is 5. The first-order valence-electron chi connectivity index (χ1n) is 8.75. The molecule has 9 heteroatoms. The highest BCUT2D eigenvalue weighted by Crippen LogP contribution is 2.23. The van der Waals surface area contributed by atoms with Crippen molar-refractivity contribution in [1.29, 1.82) is 0 Å². The van der Waals surface area contributed by atoms with Gasteiger partial charge in [0.15, 0.2) is 0 Å².